The average molecular weight is 492 g/mol. The predicted octanol–water partition coefficient (Wildman–Crippen LogP) is 3.85. The fraction of sp³-hybridized carbons (Fsp3) is 0.500. The first-order valence-electron chi connectivity index (χ1n) is 12.6. The Kier molecular flexibility index (Phi) is 7.43. The molecule has 0 spiro atoms. The van der Waals surface area contributed by atoms with Gasteiger partial charge in [-0.25, -0.2) is 0 Å². The zero-order chi connectivity index (χ0) is 24.2. The summed E-state index contributed by atoms with van der Waals surface area (Å²) in [6.45, 7) is 9.95. The Labute approximate surface area is 211 Å². The van der Waals surface area contributed by atoms with Crippen LogP contribution in [0.15, 0.2) is 51.0 Å². The molecule has 1 aliphatic carbocycles. The zero-order valence-corrected chi connectivity index (χ0v) is 21.4. The van der Waals surface area contributed by atoms with E-state index in [1.165, 1.54) is 23.8 Å². The highest BCUT2D eigenvalue weighted by Gasteiger charge is 2.29. The number of carbonyl (C=O) groups excluding carboxylic acids is 1. The van der Waals surface area contributed by atoms with Crippen molar-refractivity contribution in [3.8, 4) is 0 Å². The number of benzene rings is 1. The molecule has 2 aromatic rings. The number of amidine groups is 1. The largest absolute Gasteiger partial charge is 0.338 e. The minimum atomic E-state index is 0.297. The molecule has 0 amide bonds. The smallest absolute Gasteiger partial charge is 0.234 e. The molecule has 35 heavy (non-hydrogen) atoms. The van der Waals surface area contributed by atoms with Crippen molar-refractivity contribution >= 4 is 35.3 Å². The maximum atomic E-state index is 12.1. The average Bonchev–Trinajstić information content (AvgIpc) is 3.63. The van der Waals surface area contributed by atoms with Gasteiger partial charge in [-0.2, -0.15) is 15.0 Å². The number of hydrogen-bond donors (Lipinski definition) is 1. The lowest BCUT2D eigenvalue weighted by Crippen LogP contribution is -2.47. The first kappa shape index (κ1) is 23.9. The van der Waals surface area contributed by atoms with Crippen LogP contribution in [0.4, 0.5) is 11.9 Å². The summed E-state index contributed by atoms with van der Waals surface area (Å²) in [4.78, 5) is 36.7. The summed E-state index contributed by atoms with van der Waals surface area (Å²) in [5, 5.41) is 3.92. The second-order valence-electron chi connectivity index (χ2n) is 9.55. The highest BCUT2D eigenvalue weighted by Crippen LogP contribution is 2.32. The Hall–Kier alpha value is -2.78. The van der Waals surface area contributed by atoms with Gasteiger partial charge in [0.2, 0.25) is 11.9 Å². The Morgan fingerprint density at radius 3 is 2.51 bits per heavy atom. The van der Waals surface area contributed by atoms with E-state index in [0.29, 0.717) is 41.7 Å². The van der Waals surface area contributed by atoms with Gasteiger partial charge in [0.25, 0.3) is 0 Å². The lowest BCUT2D eigenvalue weighted by molar-refractivity contribution is -0.119. The van der Waals surface area contributed by atoms with E-state index >= 15 is 0 Å². The van der Waals surface area contributed by atoms with E-state index in [9.17, 15) is 4.79 Å². The molecular formula is C26H33N7OS. The lowest BCUT2D eigenvalue weighted by atomic mass is 10.1. The molecule has 1 aromatic heterocycles. The second kappa shape index (κ2) is 10.9. The molecule has 1 saturated heterocycles. The molecule has 0 radical (unpaired) electrons. The number of ketones is 1. The van der Waals surface area contributed by atoms with Crippen LogP contribution in [-0.4, -0.2) is 70.7 Å². The van der Waals surface area contributed by atoms with E-state index in [2.05, 4.69) is 38.9 Å². The van der Waals surface area contributed by atoms with Crippen LogP contribution in [0.2, 0.25) is 0 Å². The highest BCUT2D eigenvalue weighted by atomic mass is 32.2. The Balaban J connectivity index is 1.32. The maximum Gasteiger partial charge on any atom is 0.234 e. The minimum absolute atomic E-state index is 0.297. The van der Waals surface area contributed by atoms with Gasteiger partial charge in [-0.05, 0) is 73.8 Å². The number of hydrogen-bond acceptors (Lipinski definition) is 9. The van der Waals surface area contributed by atoms with Gasteiger partial charge in [0.05, 0.1) is 6.54 Å². The Bertz CT molecular complexity index is 1120. The van der Waals surface area contributed by atoms with Crippen molar-refractivity contribution in [2.75, 3.05) is 49.5 Å². The van der Waals surface area contributed by atoms with Crippen molar-refractivity contribution in [3.63, 3.8) is 0 Å². The molecule has 8 nitrogen and oxygen atoms in total. The van der Waals surface area contributed by atoms with Crippen molar-refractivity contribution in [2.24, 2.45) is 10.9 Å². The van der Waals surface area contributed by atoms with Crippen LogP contribution >= 0.6 is 11.8 Å². The monoisotopic (exact) mass is 491 g/mol. The van der Waals surface area contributed by atoms with Crippen LogP contribution in [0.1, 0.15) is 38.7 Å². The van der Waals surface area contributed by atoms with Gasteiger partial charge in [0, 0.05) is 43.4 Å². The van der Waals surface area contributed by atoms with Crippen LogP contribution in [0.3, 0.4) is 0 Å². The molecule has 1 N–H and O–H groups in total. The number of anilines is 2. The highest BCUT2D eigenvalue weighted by molar-refractivity contribution is 7.99. The SMILES string of the molecule is CCCN1CCN(c2nc(NC3=NCC(C)=C3)nc(Sc3ccc(CC(=O)C4CC4)cc3)n2)CC1. The molecule has 0 bridgehead atoms. The van der Waals surface area contributed by atoms with Gasteiger partial charge in [-0.3, -0.25) is 14.7 Å². The van der Waals surface area contributed by atoms with Gasteiger partial charge in [-0.1, -0.05) is 19.1 Å². The first-order valence-corrected chi connectivity index (χ1v) is 13.4. The molecule has 2 aliphatic heterocycles. The third-order valence-electron chi connectivity index (χ3n) is 6.46. The number of carbonyl (C=O) groups is 1. The van der Waals surface area contributed by atoms with E-state index in [0.717, 1.165) is 61.9 Å². The van der Waals surface area contributed by atoms with Gasteiger partial charge in [0.1, 0.15) is 11.6 Å². The number of nitrogens with zero attached hydrogens (tertiary/aromatic N) is 6. The Morgan fingerprint density at radius 1 is 1.09 bits per heavy atom. The quantitative estimate of drug-likeness (QED) is 0.566. The fourth-order valence-electron chi connectivity index (χ4n) is 4.33. The third-order valence-corrected chi connectivity index (χ3v) is 7.34. The van der Waals surface area contributed by atoms with Gasteiger partial charge < -0.3 is 10.2 Å². The van der Waals surface area contributed by atoms with E-state index < -0.39 is 0 Å². The van der Waals surface area contributed by atoms with Crippen LogP contribution in [-0.2, 0) is 11.2 Å². The topological polar surface area (TPSA) is 86.6 Å². The molecule has 3 aliphatic rings. The third kappa shape index (κ3) is 6.46. The summed E-state index contributed by atoms with van der Waals surface area (Å²) >= 11 is 1.51. The molecule has 1 saturated carbocycles. The van der Waals surface area contributed by atoms with Crippen molar-refractivity contribution in [1.29, 1.82) is 0 Å². The molecular weight excluding hydrogens is 458 g/mol. The number of nitrogens with one attached hydrogen (secondary N) is 1. The number of Topliss-reactive ketones (excluding diaryl/α,β-unsaturated/α-hetero) is 1. The van der Waals surface area contributed by atoms with Gasteiger partial charge in [-0.15, -0.1) is 0 Å². The summed E-state index contributed by atoms with van der Waals surface area (Å²) in [7, 11) is 0. The van der Waals surface area contributed by atoms with Crippen LogP contribution in [0, 0.1) is 5.92 Å². The molecule has 9 heteroatoms. The zero-order valence-electron chi connectivity index (χ0n) is 20.5. The van der Waals surface area contributed by atoms with Crippen molar-refractivity contribution < 1.29 is 4.79 Å². The van der Waals surface area contributed by atoms with E-state index in [4.69, 9.17) is 9.97 Å². The van der Waals surface area contributed by atoms with Crippen LogP contribution in [0.25, 0.3) is 0 Å². The normalized spacial score (nSPS) is 18.4. The number of aromatic nitrogens is 3. The van der Waals surface area contributed by atoms with Crippen LogP contribution in [0.5, 0.6) is 0 Å². The summed E-state index contributed by atoms with van der Waals surface area (Å²) in [6.07, 6.45) is 5.84. The number of piperazine rings is 1. The lowest BCUT2D eigenvalue weighted by Gasteiger charge is -2.34. The minimum Gasteiger partial charge on any atom is -0.338 e. The van der Waals surface area contributed by atoms with E-state index in [1.807, 2.05) is 30.3 Å². The first-order chi connectivity index (χ1) is 17.1. The second-order valence-corrected chi connectivity index (χ2v) is 10.6. The van der Waals surface area contributed by atoms with E-state index in [-0.39, 0.29) is 0 Å². The van der Waals surface area contributed by atoms with Gasteiger partial charge in [0.15, 0.2) is 5.16 Å². The summed E-state index contributed by atoms with van der Waals surface area (Å²) in [6, 6.07) is 8.18. The predicted molar refractivity (Wildman–Crippen MR) is 140 cm³/mol. The summed E-state index contributed by atoms with van der Waals surface area (Å²) in [5.41, 5.74) is 2.28. The Morgan fingerprint density at radius 2 is 1.86 bits per heavy atom. The standard InChI is InChI=1S/C26H33N7OS/c1-3-10-32-11-13-33(14-12-32)25-29-24(28-23-15-18(2)17-27-23)30-26(31-25)35-21-8-4-19(5-9-21)16-22(34)20-6-7-20/h4-5,8-9,15,20H,3,6-7,10-14,16-17H2,1-2H3,(H,27,28,29,30,31). The molecule has 184 valence electrons. The van der Waals surface area contributed by atoms with Gasteiger partial charge >= 0.3 is 0 Å². The van der Waals surface area contributed by atoms with Crippen molar-refractivity contribution in [1.82, 2.24) is 19.9 Å². The molecule has 1 aromatic carbocycles. The maximum absolute atomic E-state index is 12.1. The number of rotatable bonds is 9. The molecule has 5 rings (SSSR count). The van der Waals surface area contributed by atoms with Crippen molar-refractivity contribution in [3.05, 3.63) is 41.5 Å². The fourth-order valence-corrected chi connectivity index (χ4v) is 5.08. The van der Waals surface area contributed by atoms with Crippen molar-refractivity contribution in [2.45, 2.75) is 49.6 Å². The number of aliphatic imine (C=N–C) groups is 1. The molecule has 0 atom stereocenters. The summed E-state index contributed by atoms with van der Waals surface area (Å²) < 4.78 is 0. The molecule has 2 fully saturated rings. The van der Waals surface area contributed by atoms with Crippen LogP contribution < -0.4 is 10.2 Å². The molecule has 3 heterocycles. The molecule has 0 unspecified atom stereocenters. The van der Waals surface area contributed by atoms with E-state index in [1.54, 1.807) is 0 Å². The summed E-state index contributed by atoms with van der Waals surface area (Å²) in [5.74, 6) is 2.66.